The number of carboxylic acids is 1. The number of hydrogen-bond donors (Lipinski definition) is 2. The molecule has 0 aliphatic carbocycles. The topological polar surface area (TPSA) is 69.6 Å². The first-order chi connectivity index (χ1) is 9.61. The molecule has 5 heteroatoms. The van der Waals surface area contributed by atoms with Crippen LogP contribution in [0.5, 0.6) is 0 Å². The molecule has 0 aromatic heterocycles. The molecule has 2 N–H and O–H groups in total. The van der Waals surface area contributed by atoms with E-state index in [4.69, 9.17) is 5.11 Å². The highest BCUT2D eigenvalue weighted by atomic mass is 16.4. The van der Waals surface area contributed by atoms with Gasteiger partial charge in [0.05, 0.1) is 0 Å². The first-order valence-electron chi connectivity index (χ1n) is 6.55. The first kappa shape index (κ1) is 14.1. The van der Waals surface area contributed by atoms with Gasteiger partial charge in [-0.25, -0.2) is 0 Å². The zero-order chi connectivity index (χ0) is 14.5. The summed E-state index contributed by atoms with van der Waals surface area (Å²) in [6, 6.07) is 7.88. The smallest absolute Gasteiger partial charge is 0.323 e. The van der Waals surface area contributed by atoms with Gasteiger partial charge < -0.3 is 15.3 Å². The largest absolute Gasteiger partial charge is 0.480 e. The van der Waals surface area contributed by atoms with Crippen LogP contribution >= 0.6 is 0 Å². The van der Waals surface area contributed by atoms with Crippen LogP contribution in [0.1, 0.15) is 17.9 Å². The second kappa shape index (κ2) is 6.23. The summed E-state index contributed by atoms with van der Waals surface area (Å²) >= 11 is 0. The predicted molar refractivity (Wildman–Crippen MR) is 76.7 cm³/mol. The first-order valence-corrected chi connectivity index (χ1v) is 6.55. The molecular formula is C15H18N2O3. The lowest BCUT2D eigenvalue weighted by atomic mass is 9.97. The Morgan fingerprint density at radius 1 is 1.45 bits per heavy atom. The summed E-state index contributed by atoms with van der Waals surface area (Å²) in [5, 5.41) is 12.1. The van der Waals surface area contributed by atoms with Crippen LogP contribution in [0.4, 0.5) is 5.69 Å². The van der Waals surface area contributed by atoms with Crippen molar-refractivity contribution in [3.05, 3.63) is 42.5 Å². The Morgan fingerprint density at radius 2 is 2.20 bits per heavy atom. The zero-order valence-corrected chi connectivity index (χ0v) is 11.2. The fourth-order valence-electron chi connectivity index (χ4n) is 2.45. The second-order valence-corrected chi connectivity index (χ2v) is 4.83. The van der Waals surface area contributed by atoms with Gasteiger partial charge in [-0.2, -0.15) is 0 Å². The summed E-state index contributed by atoms with van der Waals surface area (Å²) in [4.78, 5) is 24.3. The fraction of sp³-hybridized carbons (Fsp3) is 0.333. The van der Waals surface area contributed by atoms with Crippen molar-refractivity contribution in [2.24, 2.45) is 0 Å². The molecule has 1 amide bonds. The Hall–Kier alpha value is -2.30. The summed E-state index contributed by atoms with van der Waals surface area (Å²) in [5.41, 5.74) is 2.17. The highest BCUT2D eigenvalue weighted by Crippen LogP contribution is 2.33. The van der Waals surface area contributed by atoms with Crippen molar-refractivity contribution in [1.29, 1.82) is 0 Å². The third-order valence-corrected chi connectivity index (χ3v) is 3.39. The van der Waals surface area contributed by atoms with E-state index in [1.165, 1.54) is 4.90 Å². The third kappa shape index (κ3) is 3.17. The van der Waals surface area contributed by atoms with Gasteiger partial charge in [-0.05, 0) is 11.6 Å². The molecule has 0 saturated heterocycles. The lowest BCUT2D eigenvalue weighted by Crippen LogP contribution is -2.36. The minimum absolute atomic E-state index is 0.0970. The van der Waals surface area contributed by atoms with Gasteiger partial charge in [0.1, 0.15) is 6.54 Å². The van der Waals surface area contributed by atoms with Gasteiger partial charge in [-0.1, -0.05) is 24.3 Å². The molecule has 0 radical (unpaired) electrons. The van der Waals surface area contributed by atoms with Crippen LogP contribution < -0.4 is 5.32 Å². The van der Waals surface area contributed by atoms with Crippen LogP contribution in [0.3, 0.4) is 0 Å². The van der Waals surface area contributed by atoms with E-state index in [-0.39, 0.29) is 24.9 Å². The Morgan fingerprint density at radius 3 is 2.90 bits per heavy atom. The van der Waals surface area contributed by atoms with Gasteiger partial charge in [-0.15, -0.1) is 6.58 Å². The van der Waals surface area contributed by atoms with Crippen LogP contribution in [0.2, 0.25) is 0 Å². The third-order valence-electron chi connectivity index (χ3n) is 3.39. The van der Waals surface area contributed by atoms with Crippen LogP contribution in [0, 0.1) is 0 Å². The summed E-state index contributed by atoms with van der Waals surface area (Å²) in [6.07, 6.45) is 1.85. The van der Waals surface area contributed by atoms with E-state index in [2.05, 4.69) is 11.9 Å². The maximum absolute atomic E-state index is 12.2. The van der Waals surface area contributed by atoms with E-state index in [1.54, 1.807) is 6.08 Å². The van der Waals surface area contributed by atoms with E-state index in [9.17, 15) is 9.59 Å². The average Bonchev–Trinajstić information content (AvgIpc) is 2.81. The zero-order valence-electron chi connectivity index (χ0n) is 11.2. The van der Waals surface area contributed by atoms with E-state index in [0.29, 0.717) is 13.0 Å². The molecule has 1 aliphatic rings. The number of nitrogens with zero attached hydrogens (tertiary/aromatic N) is 1. The Labute approximate surface area is 117 Å². The standard InChI is InChI=1S/C15H18N2O3/c1-2-7-17(10-15(19)20)14(18)8-11-9-16-13-6-4-3-5-12(11)13/h2-6,11,16H,1,7-10H2,(H,19,20). The molecule has 0 bridgehead atoms. The molecule has 1 aliphatic heterocycles. The van der Waals surface area contributed by atoms with Crippen molar-refractivity contribution >= 4 is 17.6 Å². The van der Waals surface area contributed by atoms with E-state index < -0.39 is 5.97 Å². The molecule has 1 aromatic carbocycles. The van der Waals surface area contributed by atoms with Crippen molar-refractivity contribution in [2.75, 3.05) is 25.0 Å². The van der Waals surface area contributed by atoms with Gasteiger partial charge in [0.15, 0.2) is 0 Å². The van der Waals surface area contributed by atoms with Crippen molar-refractivity contribution < 1.29 is 14.7 Å². The summed E-state index contributed by atoms with van der Waals surface area (Å²) < 4.78 is 0. The minimum atomic E-state index is -1.01. The molecule has 106 valence electrons. The predicted octanol–water partition coefficient (Wildman–Crippen LogP) is 1.68. The van der Waals surface area contributed by atoms with Crippen LogP contribution in [-0.4, -0.2) is 41.5 Å². The molecule has 0 fully saturated rings. The number of carboxylic acid groups (broad SMARTS) is 1. The van der Waals surface area contributed by atoms with Gasteiger partial charge >= 0.3 is 5.97 Å². The van der Waals surface area contributed by atoms with E-state index in [1.807, 2.05) is 24.3 Å². The molecule has 1 atom stereocenters. The Bertz CT molecular complexity index is 528. The van der Waals surface area contributed by atoms with Crippen molar-refractivity contribution in [3.63, 3.8) is 0 Å². The number of benzene rings is 1. The van der Waals surface area contributed by atoms with Gasteiger partial charge in [0, 0.05) is 31.1 Å². The van der Waals surface area contributed by atoms with Crippen LogP contribution in [-0.2, 0) is 9.59 Å². The number of para-hydroxylation sites is 1. The SMILES string of the molecule is C=CCN(CC(=O)O)C(=O)CC1CNc2ccccc21. The lowest BCUT2D eigenvalue weighted by molar-refractivity contribution is -0.144. The average molecular weight is 274 g/mol. The number of hydrogen-bond acceptors (Lipinski definition) is 3. The normalized spacial score (nSPS) is 16.1. The second-order valence-electron chi connectivity index (χ2n) is 4.83. The molecule has 20 heavy (non-hydrogen) atoms. The number of anilines is 1. The Kier molecular flexibility index (Phi) is 4.40. The number of fused-ring (bicyclic) bond motifs is 1. The maximum Gasteiger partial charge on any atom is 0.323 e. The molecule has 0 saturated carbocycles. The van der Waals surface area contributed by atoms with Gasteiger partial charge in [0.2, 0.25) is 5.91 Å². The van der Waals surface area contributed by atoms with Crippen molar-refractivity contribution in [3.8, 4) is 0 Å². The number of rotatable bonds is 6. The van der Waals surface area contributed by atoms with E-state index >= 15 is 0 Å². The highest BCUT2D eigenvalue weighted by molar-refractivity contribution is 5.82. The number of amides is 1. The fourth-order valence-corrected chi connectivity index (χ4v) is 2.45. The van der Waals surface area contributed by atoms with E-state index in [0.717, 1.165) is 11.3 Å². The van der Waals surface area contributed by atoms with Gasteiger partial charge in [-0.3, -0.25) is 9.59 Å². The summed E-state index contributed by atoms with van der Waals surface area (Å²) in [7, 11) is 0. The molecule has 0 spiro atoms. The lowest BCUT2D eigenvalue weighted by Gasteiger charge is -2.20. The Balaban J connectivity index is 2.04. The quantitative estimate of drug-likeness (QED) is 0.774. The molecule has 1 unspecified atom stereocenters. The van der Waals surface area contributed by atoms with Gasteiger partial charge in [0.25, 0.3) is 0 Å². The number of carbonyl (C=O) groups is 2. The van der Waals surface area contributed by atoms with Crippen molar-refractivity contribution in [2.45, 2.75) is 12.3 Å². The summed E-state index contributed by atoms with van der Waals surface area (Å²) in [6.45, 7) is 4.24. The minimum Gasteiger partial charge on any atom is -0.480 e. The highest BCUT2D eigenvalue weighted by Gasteiger charge is 2.26. The summed E-state index contributed by atoms with van der Waals surface area (Å²) in [5.74, 6) is -1.07. The van der Waals surface area contributed by atoms with Crippen LogP contribution in [0.15, 0.2) is 36.9 Å². The van der Waals surface area contributed by atoms with Crippen molar-refractivity contribution in [1.82, 2.24) is 4.90 Å². The molecular weight excluding hydrogens is 256 g/mol. The monoisotopic (exact) mass is 274 g/mol. The maximum atomic E-state index is 12.2. The number of nitrogens with one attached hydrogen (secondary N) is 1. The molecule has 1 aromatic rings. The molecule has 2 rings (SSSR count). The number of carbonyl (C=O) groups excluding carboxylic acids is 1. The molecule has 1 heterocycles. The molecule has 5 nitrogen and oxygen atoms in total. The number of aliphatic carboxylic acids is 1. The van der Waals surface area contributed by atoms with Crippen LogP contribution in [0.25, 0.3) is 0 Å².